The minimum atomic E-state index is 0.891. The zero-order valence-electron chi connectivity index (χ0n) is 34.7. The average molecular weight is 812 g/mol. The van der Waals surface area contributed by atoms with Gasteiger partial charge in [-0.1, -0.05) is 182 Å². The van der Waals surface area contributed by atoms with Gasteiger partial charge >= 0.3 is 0 Å². The Morgan fingerprint density at radius 1 is 0.266 bits per heavy atom. The van der Waals surface area contributed by atoms with Crippen LogP contribution >= 0.6 is 0 Å². The van der Waals surface area contributed by atoms with Crippen LogP contribution in [0, 0.1) is 0 Å². The third kappa shape index (κ3) is 5.86. The fourth-order valence-electron chi connectivity index (χ4n) is 9.94. The van der Waals surface area contributed by atoms with Gasteiger partial charge in [-0.25, -0.2) is 9.97 Å². The minimum Gasteiger partial charge on any atom is -0.256 e. The topological polar surface area (TPSA) is 38.7 Å². The van der Waals surface area contributed by atoms with E-state index in [4.69, 9.17) is 9.97 Å². The van der Waals surface area contributed by atoms with Crippen molar-refractivity contribution in [2.75, 3.05) is 0 Å². The molecule has 3 aromatic heterocycles. The van der Waals surface area contributed by atoms with Crippen LogP contribution in [0.3, 0.4) is 0 Å². The van der Waals surface area contributed by atoms with E-state index in [0.29, 0.717) is 0 Å². The molecule has 13 rings (SSSR count). The van der Waals surface area contributed by atoms with Crippen molar-refractivity contribution in [2.24, 2.45) is 0 Å². The molecule has 0 atom stereocenters. The molecular formula is C61H37N3. The van der Waals surface area contributed by atoms with E-state index in [-0.39, 0.29) is 0 Å². The van der Waals surface area contributed by atoms with Crippen LogP contribution < -0.4 is 0 Å². The number of hydrogen-bond donors (Lipinski definition) is 0. The summed E-state index contributed by atoms with van der Waals surface area (Å²) >= 11 is 0. The van der Waals surface area contributed by atoms with E-state index >= 15 is 0 Å². The number of benzene rings is 10. The summed E-state index contributed by atoms with van der Waals surface area (Å²) in [6.45, 7) is 0. The number of aromatic nitrogens is 3. The lowest BCUT2D eigenvalue weighted by Crippen LogP contribution is -1.94. The van der Waals surface area contributed by atoms with Crippen molar-refractivity contribution in [3.8, 4) is 67.0 Å². The van der Waals surface area contributed by atoms with Crippen molar-refractivity contribution >= 4 is 65.0 Å². The largest absolute Gasteiger partial charge is 0.256 e. The van der Waals surface area contributed by atoms with E-state index in [1.165, 1.54) is 71.3 Å². The Bertz CT molecular complexity index is 3860. The summed E-state index contributed by atoms with van der Waals surface area (Å²) in [5.74, 6) is 0. The molecule has 0 aliphatic heterocycles. The molecule has 0 aliphatic carbocycles. The molecular weight excluding hydrogens is 775 g/mol. The van der Waals surface area contributed by atoms with Gasteiger partial charge in [0.15, 0.2) is 0 Å². The van der Waals surface area contributed by atoms with Gasteiger partial charge in [0.2, 0.25) is 0 Å². The van der Waals surface area contributed by atoms with Gasteiger partial charge in [-0.3, -0.25) is 4.98 Å². The molecule has 0 saturated heterocycles. The molecule has 0 amide bonds. The van der Waals surface area contributed by atoms with Crippen LogP contribution in [0.25, 0.3) is 132 Å². The molecule has 0 unspecified atom stereocenters. The molecule has 0 aliphatic rings. The zero-order valence-corrected chi connectivity index (χ0v) is 34.7. The van der Waals surface area contributed by atoms with Crippen molar-refractivity contribution in [2.45, 2.75) is 0 Å². The van der Waals surface area contributed by atoms with E-state index < -0.39 is 0 Å². The van der Waals surface area contributed by atoms with E-state index in [9.17, 15) is 0 Å². The molecule has 13 aromatic rings. The van der Waals surface area contributed by atoms with Crippen molar-refractivity contribution in [1.29, 1.82) is 0 Å². The second-order valence-corrected chi connectivity index (χ2v) is 16.7. The maximum atomic E-state index is 5.31. The molecule has 0 saturated carbocycles. The van der Waals surface area contributed by atoms with E-state index in [1.54, 1.807) is 0 Å². The van der Waals surface area contributed by atoms with Gasteiger partial charge in [-0.15, -0.1) is 0 Å². The van der Waals surface area contributed by atoms with Crippen LogP contribution in [0.5, 0.6) is 0 Å². The van der Waals surface area contributed by atoms with Crippen LogP contribution in [-0.2, 0) is 0 Å². The highest BCUT2D eigenvalue weighted by Gasteiger charge is 2.21. The molecule has 296 valence electrons. The highest BCUT2D eigenvalue weighted by atomic mass is 14.8. The Hall–Kier alpha value is -8.53. The molecule has 0 N–H and O–H groups in total. The molecule has 0 bridgehead atoms. The first-order valence-electron chi connectivity index (χ1n) is 21.8. The van der Waals surface area contributed by atoms with Gasteiger partial charge in [0.25, 0.3) is 0 Å². The second kappa shape index (κ2) is 14.5. The van der Waals surface area contributed by atoms with Crippen LogP contribution in [0.4, 0.5) is 0 Å². The lowest BCUT2D eigenvalue weighted by molar-refractivity contribution is 1.36. The summed E-state index contributed by atoms with van der Waals surface area (Å²) in [6, 6.07) is 78.9. The highest BCUT2D eigenvalue weighted by molar-refractivity contribution is 6.32. The fraction of sp³-hybridized carbons (Fsp3) is 0. The molecule has 10 aromatic carbocycles. The highest BCUT2D eigenvalue weighted by Crippen LogP contribution is 2.48. The number of rotatable bonds is 6. The maximum absolute atomic E-state index is 5.31. The quantitative estimate of drug-likeness (QED) is 0.157. The summed E-state index contributed by atoms with van der Waals surface area (Å²) in [6.07, 6.45) is 1.84. The minimum absolute atomic E-state index is 0.891. The number of pyridine rings is 3. The van der Waals surface area contributed by atoms with Crippen molar-refractivity contribution in [3.05, 3.63) is 225 Å². The number of hydrogen-bond acceptors (Lipinski definition) is 3. The van der Waals surface area contributed by atoms with Gasteiger partial charge in [0.05, 0.1) is 27.9 Å². The standard InChI is InChI=1S/C61H37N3/c1-4-11-38(12-5-1)51-36-52(39-13-6-2-7-14-39)48-30-31-50-54(37-53(40-15-8-3-9-16-40)49-29-28-47(51)58(48)59(49)50)41-18-20-43(21-19-41)55-32-26-44-23-24-45-27-33-56(64-61(45)60(44)63-55)46-25-22-42-17-10-34-62-57(42)35-46/h1-37H. The van der Waals surface area contributed by atoms with Gasteiger partial charge in [-0.05, 0) is 113 Å². The van der Waals surface area contributed by atoms with Crippen LogP contribution in [0.1, 0.15) is 0 Å². The summed E-state index contributed by atoms with van der Waals surface area (Å²) < 4.78 is 0. The Morgan fingerprint density at radius 2 is 0.656 bits per heavy atom. The predicted molar refractivity (Wildman–Crippen MR) is 269 cm³/mol. The van der Waals surface area contributed by atoms with Crippen molar-refractivity contribution in [1.82, 2.24) is 15.0 Å². The Balaban J connectivity index is 0.980. The normalized spacial score (nSPS) is 11.8. The molecule has 0 spiro atoms. The second-order valence-electron chi connectivity index (χ2n) is 16.7. The Morgan fingerprint density at radius 3 is 1.14 bits per heavy atom. The molecule has 3 heterocycles. The van der Waals surface area contributed by atoms with E-state index in [1.807, 2.05) is 12.3 Å². The van der Waals surface area contributed by atoms with E-state index in [2.05, 4.69) is 217 Å². The monoisotopic (exact) mass is 811 g/mol. The van der Waals surface area contributed by atoms with Crippen LogP contribution in [0.2, 0.25) is 0 Å². The smallest absolute Gasteiger partial charge is 0.0972 e. The third-order valence-corrected chi connectivity index (χ3v) is 13.1. The van der Waals surface area contributed by atoms with E-state index in [0.717, 1.165) is 60.8 Å². The molecule has 0 fully saturated rings. The first-order valence-corrected chi connectivity index (χ1v) is 21.8. The fourth-order valence-corrected chi connectivity index (χ4v) is 9.94. The van der Waals surface area contributed by atoms with Gasteiger partial charge in [0.1, 0.15) is 0 Å². The number of fused-ring (bicyclic) bond motifs is 4. The van der Waals surface area contributed by atoms with Crippen LogP contribution in [-0.4, -0.2) is 15.0 Å². The predicted octanol–water partition coefficient (Wildman–Crippen LogP) is 16.2. The first-order chi connectivity index (χ1) is 31.7. The van der Waals surface area contributed by atoms with Crippen molar-refractivity contribution in [3.63, 3.8) is 0 Å². The summed E-state index contributed by atoms with van der Waals surface area (Å²) in [4.78, 5) is 15.1. The lowest BCUT2D eigenvalue weighted by atomic mass is 9.82. The molecule has 64 heavy (non-hydrogen) atoms. The van der Waals surface area contributed by atoms with Gasteiger partial charge in [0, 0.05) is 33.5 Å². The summed E-state index contributed by atoms with van der Waals surface area (Å²) in [7, 11) is 0. The zero-order chi connectivity index (χ0) is 42.1. The SMILES string of the molecule is c1ccc(-c2cc(-c3ccccc3)c3ccc4c(-c5ccc(-c6ccc7ccc8ccc(-c9ccc%10cccnc%10c9)nc8c7n6)cc5)cc(-c5ccccc5)c5ccc2c3c54)cc1. The molecule has 3 nitrogen and oxygen atoms in total. The molecule has 3 heteroatoms. The Labute approximate surface area is 370 Å². The lowest BCUT2D eigenvalue weighted by Gasteiger charge is -2.21. The van der Waals surface area contributed by atoms with Gasteiger partial charge < -0.3 is 0 Å². The maximum Gasteiger partial charge on any atom is 0.0972 e. The van der Waals surface area contributed by atoms with Crippen LogP contribution in [0.15, 0.2) is 225 Å². The van der Waals surface area contributed by atoms with Crippen molar-refractivity contribution < 1.29 is 0 Å². The first kappa shape index (κ1) is 36.2. The Kier molecular flexibility index (Phi) is 8.22. The summed E-state index contributed by atoms with van der Waals surface area (Å²) in [5.41, 5.74) is 16.3. The summed E-state index contributed by atoms with van der Waals surface area (Å²) in [5, 5.41) is 10.8. The molecule has 0 radical (unpaired) electrons. The average Bonchev–Trinajstić information content (AvgIpc) is 3.38. The number of nitrogens with zero attached hydrogens (tertiary/aromatic N) is 3. The third-order valence-electron chi connectivity index (χ3n) is 13.1. The van der Waals surface area contributed by atoms with Gasteiger partial charge in [-0.2, -0.15) is 0 Å².